The lowest BCUT2D eigenvalue weighted by molar-refractivity contribution is -0.150. The van der Waals surface area contributed by atoms with Crippen LogP contribution in [0.4, 0.5) is 0 Å². The summed E-state index contributed by atoms with van der Waals surface area (Å²) >= 11 is 1.01. The zero-order valence-electron chi connectivity index (χ0n) is 10.0. The van der Waals surface area contributed by atoms with Gasteiger partial charge in [0, 0.05) is 11.1 Å². The Bertz CT molecular complexity index is 493. The lowest BCUT2D eigenvalue weighted by atomic mass is 10.3. The van der Waals surface area contributed by atoms with E-state index in [9.17, 15) is 19.5 Å². The second-order valence-electron chi connectivity index (χ2n) is 3.57. The van der Waals surface area contributed by atoms with E-state index >= 15 is 0 Å². The fourth-order valence-electron chi connectivity index (χ4n) is 1.23. The number of rotatable bonds is 5. The Labute approximate surface area is 107 Å². The van der Waals surface area contributed by atoms with Crippen LogP contribution in [0.15, 0.2) is 10.2 Å². The number of hydrogen-bond acceptors (Lipinski definition) is 6. The molecule has 0 spiro atoms. The highest BCUT2D eigenvalue weighted by molar-refractivity contribution is 7.07. The predicted molar refractivity (Wildman–Crippen MR) is 64.3 cm³/mol. The number of ether oxygens (including phenoxy) is 1. The maximum absolute atomic E-state index is 11.5. The van der Waals surface area contributed by atoms with Crippen LogP contribution in [-0.2, 0) is 20.9 Å². The number of carbonyl (C=O) groups excluding carboxylic acids is 2. The van der Waals surface area contributed by atoms with E-state index in [1.165, 1.54) is 4.57 Å². The second-order valence-corrected chi connectivity index (χ2v) is 4.39. The molecule has 0 bridgehead atoms. The van der Waals surface area contributed by atoms with Gasteiger partial charge >= 0.3 is 10.8 Å². The molecule has 0 saturated carbocycles. The highest BCUT2D eigenvalue weighted by Crippen LogP contribution is 1.98. The van der Waals surface area contributed by atoms with E-state index in [1.807, 2.05) is 0 Å². The molecule has 1 aromatic rings. The van der Waals surface area contributed by atoms with Crippen LogP contribution >= 0.6 is 11.3 Å². The van der Waals surface area contributed by atoms with Crippen LogP contribution in [0.5, 0.6) is 0 Å². The van der Waals surface area contributed by atoms with Gasteiger partial charge < -0.3 is 15.2 Å². The normalized spacial score (nSPS) is 11.9. The maximum Gasteiger partial charge on any atom is 0.336 e. The molecule has 1 heterocycles. The van der Waals surface area contributed by atoms with Crippen LogP contribution in [0.25, 0.3) is 0 Å². The molecule has 0 saturated heterocycles. The van der Waals surface area contributed by atoms with Crippen LogP contribution in [0.3, 0.4) is 0 Å². The van der Waals surface area contributed by atoms with E-state index in [2.05, 4.69) is 10.1 Å². The van der Waals surface area contributed by atoms with Crippen molar-refractivity contribution >= 4 is 23.2 Å². The number of methoxy groups -OCH3 is 1. The molecule has 0 radical (unpaired) electrons. The first-order chi connectivity index (χ1) is 8.45. The van der Waals surface area contributed by atoms with Crippen LogP contribution in [0.2, 0.25) is 0 Å². The summed E-state index contributed by atoms with van der Waals surface area (Å²) in [7, 11) is 1.14. The largest absolute Gasteiger partial charge is 0.467 e. The number of aromatic nitrogens is 1. The van der Waals surface area contributed by atoms with Gasteiger partial charge in [-0.2, -0.15) is 0 Å². The highest BCUT2D eigenvalue weighted by Gasteiger charge is 2.16. The molecule has 7 nitrogen and oxygen atoms in total. The van der Waals surface area contributed by atoms with Crippen molar-refractivity contribution < 1.29 is 19.4 Å². The molecular formula is C10H14N2O5S. The Hall–Kier alpha value is -1.67. The topological polar surface area (TPSA) is 97.6 Å². The molecule has 2 N–H and O–H groups in total. The van der Waals surface area contributed by atoms with Gasteiger partial charge in [-0.25, -0.2) is 4.79 Å². The van der Waals surface area contributed by atoms with E-state index < -0.39 is 18.0 Å². The number of aliphatic hydroxyl groups is 1. The summed E-state index contributed by atoms with van der Waals surface area (Å²) in [6, 6.07) is 0. The fourth-order valence-corrected chi connectivity index (χ4v) is 1.96. The molecule has 0 aliphatic rings. The summed E-state index contributed by atoms with van der Waals surface area (Å²) in [6.45, 7) is 1.33. The number of nitrogens with zero attached hydrogens (tertiary/aromatic N) is 1. The van der Waals surface area contributed by atoms with Crippen LogP contribution in [0, 0.1) is 6.92 Å². The van der Waals surface area contributed by atoms with Gasteiger partial charge in [0.25, 0.3) is 0 Å². The van der Waals surface area contributed by atoms with Crippen molar-refractivity contribution in [2.24, 2.45) is 0 Å². The SMILES string of the molecule is COC(=O)C(O)CNC(=O)Cn1c(C)csc1=O. The quantitative estimate of drug-likeness (QED) is 0.662. The lowest BCUT2D eigenvalue weighted by Crippen LogP contribution is -2.39. The van der Waals surface area contributed by atoms with E-state index in [1.54, 1.807) is 12.3 Å². The fraction of sp³-hybridized carbons (Fsp3) is 0.500. The van der Waals surface area contributed by atoms with E-state index in [0.717, 1.165) is 18.4 Å². The molecule has 0 fully saturated rings. The third-order valence-corrected chi connectivity index (χ3v) is 3.12. The Kier molecular flexibility index (Phi) is 5.05. The average molecular weight is 274 g/mol. The van der Waals surface area contributed by atoms with Crippen LogP contribution < -0.4 is 10.2 Å². The lowest BCUT2D eigenvalue weighted by Gasteiger charge is -2.10. The summed E-state index contributed by atoms with van der Waals surface area (Å²) in [6.07, 6.45) is -1.40. The number of thiazole rings is 1. The van der Waals surface area contributed by atoms with Crippen LogP contribution in [0.1, 0.15) is 5.69 Å². The number of carbonyl (C=O) groups is 2. The molecule has 1 rings (SSSR count). The molecule has 8 heteroatoms. The number of aryl methyl sites for hydroxylation is 1. The molecule has 18 heavy (non-hydrogen) atoms. The molecule has 1 unspecified atom stereocenters. The third-order valence-electron chi connectivity index (χ3n) is 2.24. The van der Waals surface area contributed by atoms with Crippen LogP contribution in [-0.4, -0.2) is 41.3 Å². The first-order valence-electron chi connectivity index (χ1n) is 5.13. The van der Waals surface area contributed by atoms with Gasteiger partial charge in [-0.1, -0.05) is 11.3 Å². The molecule has 100 valence electrons. The molecule has 1 amide bonds. The van der Waals surface area contributed by atoms with Crippen molar-refractivity contribution in [3.63, 3.8) is 0 Å². The second kappa shape index (κ2) is 6.31. The van der Waals surface area contributed by atoms with Crippen molar-refractivity contribution in [2.75, 3.05) is 13.7 Å². The van der Waals surface area contributed by atoms with Gasteiger partial charge in [0.2, 0.25) is 5.91 Å². The van der Waals surface area contributed by atoms with E-state index in [-0.39, 0.29) is 18.0 Å². The Morgan fingerprint density at radius 3 is 2.78 bits per heavy atom. The molecule has 1 atom stereocenters. The smallest absolute Gasteiger partial charge is 0.336 e. The summed E-state index contributed by atoms with van der Waals surface area (Å²) < 4.78 is 5.60. The predicted octanol–water partition coefficient (Wildman–Crippen LogP) is -1.13. The Morgan fingerprint density at radius 1 is 1.61 bits per heavy atom. The zero-order valence-corrected chi connectivity index (χ0v) is 10.8. The molecule has 0 aliphatic heterocycles. The van der Waals surface area contributed by atoms with Crippen molar-refractivity contribution in [1.82, 2.24) is 9.88 Å². The molecule has 0 aromatic carbocycles. The minimum absolute atomic E-state index is 0.137. The number of amides is 1. The minimum atomic E-state index is -1.40. The summed E-state index contributed by atoms with van der Waals surface area (Å²) in [5, 5.41) is 13.2. The monoisotopic (exact) mass is 274 g/mol. The van der Waals surface area contributed by atoms with Gasteiger partial charge in [-0.15, -0.1) is 0 Å². The van der Waals surface area contributed by atoms with Gasteiger partial charge in [0.15, 0.2) is 6.10 Å². The van der Waals surface area contributed by atoms with Gasteiger partial charge in [0.1, 0.15) is 6.54 Å². The third kappa shape index (κ3) is 3.67. The Morgan fingerprint density at radius 2 is 2.28 bits per heavy atom. The summed E-state index contributed by atoms with van der Waals surface area (Å²) in [5.41, 5.74) is 0.689. The van der Waals surface area contributed by atoms with E-state index in [4.69, 9.17) is 0 Å². The van der Waals surface area contributed by atoms with Crippen molar-refractivity contribution in [1.29, 1.82) is 0 Å². The maximum atomic E-state index is 11.5. The molecule has 1 aromatic heterocycles. The van der Waals surface area contributed by atoms with Crippen molar-refractivity contribution in [3.05, 3.63) is 20.7 Å². The van der Waals surface area contributed by atoms with Gasteiger partial charge in [-0.3, -0.25) is 14.2 Å². The minimum Gasteiger partial charge on any atom is -0.467 e. The number of aliphatic hydroxyl groups excluding tert-OH is 1. The summed E-state index contributed by atoms with van der Waals surface area (Å²) in [5.74, 6) is -1.28. The first kappa shape index (κ1) is 14.4. The average Bonchev–Trinajstić information content (AvgIpc) is 2.66. The highest BCUT2D eigenvalue weighted by atomic mass is 32.1. The number of esters is 1. The number of hydrogen-bond donors (Lipinski definition) is 2. The Balaban J connectivity index is 2.48. The number of nitrogens with one attached hydrogen (secondary N) is 1. The first-order valence-corrected chi connectivity index (χ1v) is 6.01. The standard InChI is InChI=1S/C10H14N2O5S/c1-6-5-18-10(16)12(6)4-8(14)11-3-7(13)9(15)17-2/h5,7,13H,3-4H2,1-2H3,(H,11,14). The molecule has 0 aliphatic carbocycles. The van der Waals surface area contributed by atoms with Crippen molar-refractivity contribution in [3.8, 4) is 0 Å². The summed E-state index contributed by atoms with van der Waals surface area (Å²) in [4.78, 5) is 33.5. The van der Waals surface area contributed by atoms with Gasteiger partial charge in [0.05, 0.1) is 13.7 Å². The molecular weight excluding hydrogens is 260 g/mol. The van der Waals surface area contributed by atoms with Gasteiger partial charge in [-0.05, 0) is 6.92 Å². The zero-order chi connectivity index (χ0) is 13.7. The van der Waals surface area contributed by atoms with E-state index in [0.29, 0.717) is 5.69 Å². The van der Waals surface area contributed by atoms with Crippen molar-refractivity contribution in [2.45, 2.75) is 19.6 Å².